The fourth-order valence-corrected chi connectivity index (χ4v) is 3.42. The molecule has 1 saturated carbocycles. The number of hydrogen-bond acceptors (Lipinski definition) is 3. The van der Waals surface area contributed by atoms with Gasteiger partial charge in [0.15, 0.2) is 0 Å². The first kappa shape index (κ1) is 18.1. The van der Waals surface area contributed by atoms with Crippen LogP contribution in [0, 0.1) is 5.92 Å². The van der Waals surface area contributed by atoms with Crippen LogP contribution in [-0.2, 0) is 4.79 Å². The summed E-state index contributed by atoms with van der Waals surface area (Å²) in [6.07, 6.45) is 9.34. The van der Waals surface area contributed by atoms with Crippen LogP contribution in [0.2, 0.25) is 0 Å². The van der Waals surface area contributed by atoms with Gasteiger partial charge in [-0.15, -0.1) is 0 Å². The van der Waals surface area contributed by atoms with Crippen LogP contribution in [0.25, 0.3) is 0 Å². The Balaban J connectivity index is 2.46. The molecule has 0 radical (unpaired) electrons. The molecule has 0 aliphatic heterocycles. The number of carbonyl (C=O) groups excluding carboxylic acids is 1. The molecule has 1 rings (SSSR count). The average molecular weight is 316 g/mol. The minimum absolute atomic E-state index is 0.153. The summed E-state index contributed by atoms with van der Waals surface area (Å²) in [5, 5.41) is 14.7. The normalized spacial score (nSPS) is 18.8. The van der Waals surface area contributed by atoms with E-state index in [4.69, 9.17) is 5.11 Å². The van der Waals surface area contributed by atoms with Crippen molar-refractivity contribution in [3.8, 4) is 0 Å². The fraction of sp³-hybridized carbons (Fsp3) is 0.867. The highest BCUT2D eigenvalue weighted by molar-refractivity contribution is 7.98. The highest BCUT2D eigenvalue weighted by Gasteiger charge is 2.25. The summed E-state index contributed by atoms with van der Waals surface area (Å²) >= 11 is 1.58. The second-order valence-corrected chi connectivity index (χ2v) is 6.69. The molecule has 3 N–H and O–H groups in total. The van der Waals surface area contributed by atoms with Gasteiger partial charge in [-0.05, 0) is 43.6 Å². The first-order valence-corrected chi connectivity index (χ1v) is 9.26. The fourth-order valence-electron chi connectivity index (χ4n) is 2.95. The van der Waals surface area contributed by atoms with Crippen molar-refractivity contribution in [3.63, 3.8) is 0 Å². The molecule has 0 aromatic heterocycles. The van der Waals surface area contributed by atoms with E-state index >= 15 is 0 Å². The van der Waals surface area contributed by atoms with Gasteiger partial charge in [0, 0.05) is 6.04 Å². The number of aliphatic carboxylic acids is 1. The number of hydrogen-bond donors (Lipinski definition) is 3. The van der Waals surface area contributed by atoms with Gasteiger partial charge in [-0.2, -0.15) is 11.8 Å². The van der Waals surface area contributed by atoms with E-state index in [1.165, 1.54) is 19.3 Å². The minimum Gasteiger partial charge on any atom is -0.480 e. The zero-order valence-electron chi connectivity index (χ0n) is 13.1. The standard InChI is InChI=1S/C15H28N2O3S/c1-3-12(11-7-5-4-6-8-11)16-15(20)17-13(14(18)19)9-10-21-2/h11-13H,3-10H2,1-2H3,(H,18,19)(H2,16,17,20)/t12?,13-/m0/s1. The van der Waals surface area contributed by atoms with Crippen molar-refractivity contribution in [3.05, 3.63) is 0 Å². The van der Waals surface area contributed by atoms with Crippen molar-refractivity contribution in [2.45, 2.75) is 64.0 Å². The van der Waals surface area contributed by atoms with E-state index in [2.05, 4.69) is 17.6 Å². The largest absolute Gasteiger partial charge is 0.480 e. The second kappa shape index (κ2) is 9.92. The Kier molecular flexibility index (Phi) is 8.57. The minimum atomic E-state index is -0.968. The summed E-state index contributed by atoms with van der Waals surface area (Å²) in [7, 11) is 0. The van der Waals surface area contributed by atoms with E-state index in [0.717, 1.165) is 25.0 Å². The van der Waals surface area contributed by atoms with Crippen molar-refractivity contribution in [2.24, 2.45) is 5.92 Å². The summed E-state index contributed by atoms with van der Waals surface area (Å²) in [6.45, 7) is 2.07. The number of carboxylic acids is 1. The molecular formula is C15H28N2O3S. The molecule has 6 heteroatoms. The predicted molar refractivity (Wildman–Crippen MR) is 86.7 cm³/mol. The summed E-state index contributed by atoms with van der Waals surface area (Å²) in [5.41, 5.74) is 0. The van der Waals surface area contributed by atoms with E-state index < -0.39 is 12.0 Å². The first-order chi connectivity index (χ1) is 10.1. The lowest BCUT2D eigenvalue weighted by atomic mass is 9.83. The molecule has 0 spiro atoms. The lowest BCUT2D eigenvalue weighted by Gasteiger charge is -2.30. The summed E-state index contributed by atoms with van der Waals surface area (Å²) in [5.74, 6) is 0.283. The van der Waals surface area contributed by atoms with E-state index in [1.807, 2.05) is 6.26 Å². The van der Waals surface area contributed by atoms with Crippen molar-refractivity contribution in [1.82, 2.24) is 10.6 Å². The van der Waals surface area contributed by atoms with Gasteiger partial charge in [-0.25, -0.2) is 9.59 Å². The van der Waals surface area contributed by atoms with Crippen LogP contribution < -0.4 is 10.6 Å². The number of carbonyl (C=O) groups is 2. The summed E-state index contributed by atoms with van der Waals surface area (Å²) in [6, 6.07) is -0.998. The van der Waals surface area contributed by atoms with Gasteiger partial charge < -0.3 is 15.7 Å². The van der Waals surface area contributed by atoms with Crippen LogP contribution in [0.4, 0.5) is 4.79 Å². The molecule has 5 nitrogen and oxygen atoms in total. The van der Waals surface area contributed by atoms with E-state index in [1.54, 1.807) is 11.8 Å². The lowest BCUT2D eigenvalue weighted by Crippen LogP contribution is -2.51. The van der Waals surface area contributed by atoms with Crippen LogP contribution in [0.1, 0.15) is 51.9 Å². The second-order valence-electron chi connectivity index (χ2n) is 5.70. The molecule has 1 fully saturated rings. The Hall–Kier alpha value is -0.910. The number of amides is 2. The third-order valence-electron chi connectivity index (χ3n) is 4.19. The first-order valence-electron chi connectivity index (χ1n) is 7.87. The maximum absolute atomic E-state index is 12.0. The van der Waals surface area contributed by atoms with Crippen LogP contribution in [0.5, 0.6) is 0 Å². The van der Waals surface area contributed by atoms with Crippen LogP contribution in [-0.4, -0.2) is 41.2 Å². The lowest BCUT2D eigenvalue weighted by molar-refractivity contribution is -0.139. The van der Waals surface area contributed by atoms with Crippen molar-refractivity contribution >= 4 is 23.8 Å². The van der Waals surface area contributed by atoms with Crippen LogP contribution in [0.15, 0.2) is 0 Å². The van der Waals surface area contributed by atoms with Gasteiger partial charge in [-0.1, -0.05) is 26.2 Å². The molecule has 0 aromatic carbocycles. The number of urea groups is 1. The monoisotopic (exact) mass is 316 g/mol. The van der Waals surface area contributed by atoms with Gasteiger partial charge in [0.2, 0.25) is 0 Å². The van der Waals surface area contributed by atoms with Crippen LogP contribution in [0.3, 0.4) is 0 Å². The maximum atomic E-state index is 12.0. The zero-order valence-corrected chi connectivity index (χ0v) is 13.9. The SMILES string of the molecule is CCC(NC(=O)N[C@@H](CCSC)C(=O)O)C1CCCCC1. The Bertz CT molecular complexity index is 333. The molecule has 2 atom stereocenters. The number of nitrogens with one attached hydrogen (secondary N) is 2. The number of thioether (sulfide) groups is 1. The topological polar surface area (TPSA) is 78.4 Å². The molecule has 122 valence electrons. The van der Waals surface area contributed by atoms with Crippen LogP contribution >= 0.6 is 11.8 Å². The molecule has 0 aromatic rings. The highest BCUT2D eigenvalue weighted by Crippen LogP contribution is 2.27. The van der Waals surface area contributed by atoms with Gasteiger partial charge in [-0.3, -0.25) is 0 Å². The predicted octanol–water partition coefficient (Wildman–Crippen LogP) is 2.85. The Morgan fingerprint density at radius 1 is 1.24 bits per heavy atom. The molecule has 2 amide bonds. The Labute approximate surface area is 131 Å². The number of rotatable bonds is 8. The Morgan fingerprint density at radius 2 is 1.90 bits per heavy atom. The molecule has 1 aliphatic carbocycles. The quantitative estimate of drug-likeness (QED) is 0.643. The van der Waals surface area contributed by atoms with Crippen molar-refractivity contribution in [1.29, 1.82) is 0 Å². The summed E-state index contributed by atoms with van der Waals surface area (Å²) in [4.78, 5) is 23.2. The van der Waals surface area contributed by atoms with E-state index in [9.17, 15) is 9.59 Å². The van der Waals surface area contributed by atoms with E-state index in [0.29, 0.717) is 12.3 Å². The van der Waals surface area contributed by atoms with Gasteiger partial charge in [0.05, 0.1) is 0 Å². The molecule has 1 aliphatic rings. The third kappa shape index (κ3) is 6.59. The summed E-state index contributed by atoms with van der Waals surface area (Å²) < 4.78 is 0. The molecule has 0 saturated heterocycles. The third-order valence-corrected chi connectivity index (χ3v) is 4.83. The molecular weight excluding hydrogens is 288 g/mol. The van der Waals surface area contributed by atoms with Gasteiger partial charge in [0.1, 0.15) is 6.04 Å². The maximum Gasteiger partial charge on any atom is 0.326 e. The highest BCUT2D eigenvalue weighted by atomic mass is 32.2. The Morgan fingerprint density at radius 3 is 2.43 bits per heavy atom. The van der Waals surface area contributed by atoms with E-state index in [-0.39, 0.29) is 12.1 Å². The van der Waals surface area contributed by atoms with Gasteiger partial charge in [0.25, 0.3) is 0 Å². The number of carboxylic acid groups (broad SMARTS) is 1. The molecule has 0 heterocycles. The van der Waals surface area contributed by atoms with Crippen molar-refractivity contribution < 1.29 is 14.7 Å². The smallest absolute Gasteiger partial charge is 0.326 e. The van der Waals surface area contributed by atoms with Gasteiger partial charge >= 0.3 is 12.0 Å². The molecule has 0 bridgehead atoms. The molecule has 21 heavy (non-hydrogen) atoms. The van der Waals surface area contributed by atoms with Crippen molar-refractivity contribution in [2.75, 3.05) is 12.0 Å². The molecule has 1 unspecified atom stereocenters. The zero-order chi connectivity index (χ0) is 15.7. The average Bonchev–Trinajstić information content (AvgIpc) is 2.49.